The van der Waals surface area contributed by atoms with Gasteiger partial charge in [-0.25, -0.2) is 0 Å². The molecule has 0 aliphatic heterocycles. The Morgan fingerprint density at radius 1 is 1.10 bits per heavy atom. The predicted octanol–water partition coefficient (Wildman–Crippen LogP) is 0.508. The number of hydrogen-bond acceptors (Lipinski definition) is 2. The molecule has 2 aromatic rings. The fraction of sp³-hybridized carbons (Fsp3) is 0.0714. The third-order valence-corrected chi connectivity index (χ3v) is 5.33. The maximum atomic E-state index is 12.3. The van der Waals surface area contributed by atoms with Crippen molar-refractivity contribution in [2.24, 2.45) is 0 Å². The second-order valence-electron chi connectivity index (χ2n) is 4.03. The van der Waals surface area contributed by atoms with Crippen molar-refractivity contribution in [3.63, 3.8) is 0 Å². The van der Waals surface area contributed by atoms with Gasteiger partial charge in [-0.1, -0.05) is 36.1 Å². The molecule has 104 valence electrons. The molecule has 3 nitrogen and oxygen atoms in total. The van der Waals surface area contributed by atoms with Crippen LogP contribution < -0.4 is 40.0 Å². The quantitative estimate of drug-likeness (QED) is 0.399. The SMILES string of the molecule is O=C(NCc1ccccc1)c1c(I)cc(I)c([O-])c1I.[Na+]. The van der Waals surface area contributed by atoms with Crippen molar-refractivity contribution in [3.8, 4) is 5.75 Å². The van der Waals surface area contributed by atoms with E-state index < -0.39 is 0 Å². The summed E-state index contributed by atoms with van der Waals surface area (Å²) in [5.41, 5.74) is 1.49. The van der Waals surface area contributed by atoms with Gasteiger partial charge in [-0.05, 0) is 79.4 Å². The monoisotopic (exact) mass is 627 g/mol. The van der Waals surface area contributed by atoms with Crippen LogP contribution >= 0.6 is 67.8 Å². The van der Waals surface area contributed by atoms with Crippen LogP contribution in [0.4, 0.5) is 0 Å². The van der Waals surface area contributed by atoms with Crippen LogP contribution in [0.1, 0.15) is 15.9 Å². The number of nitrogens with one attached hydrogen (secondary N) is 1. The topological polar surface area (TPSA) is 52.2 Å². The van der Waals surface area contributed by atoms with E-state index in [1.807, 2.05) is 75.5 Å². The molecule has 2 aromatic carbocycles. The molecular formula is C14H9I3NNaO2. The molecule has 0 spiro atoms. The third-order valence-electron chi connectivity index (χ3n) is 2.65. The summed E-state index contributed by atoms with van der Waals surface area (Å²) in [7, 11) is 0. The van der Waals surface area contributed by atoms with Crippen LogP contribution in [0.5, 0.6) is 5.75 Å². The van der Waals surface area contributed by atoms with Gasteiger partial charge in [0.25, 0.3) is 5.91 Å². The summed E-state index contributed by atoms with van der Waals surface area (Å²) in [6.45, 7) is 0.450. The first-order valence-electron chi connectivity index (χ1n) is 5.67. The summed E-state index contributed by atoms with van der Waals surface area (Å²) in [5, 5.41) is 14.8. The molecular weight excluding hydrogens is 618 g/mol. The van der Waals surface area contributed by atoms with Gasteiger partial charge in [0.2, 0.25) is 0 Å². The molecule has 0 aliphatic carbocycles. The Bertz CT molecular complexity index is 650. The Labute approximate surface area is 186 Å². The van der Waals surface area contributed by atoms with E-state index in [0.29, 0.717) is 19.2 Å². The zero-order valence-electron chi connectivity index (χ0n) is 11.1. The smallest absolute Gasteiger partial charge is 0.871 e. The van der Waals surface area contributed by atoms with E-state index >= 15 is 0 Å². The molecule has 2 rings (SSSR count). The summed E-state index contributed by atoms with van der Waals surface area (Å²) in [5.74, 6) is -0.298. The van der Waals surface area contributed by atoms with Crippen LogP contribution in [-0.4, -0.2) is 5.91 Å². The fourth-order valence-corrected chi connectivity index (χ4v) is 5.51. The van der Waals surface area contributed by atoms with E-state index in [1.165, 1.54) is 0 Å². The predicted molar refractivity (Wildman–Crippen MR) is 102 cm³/mol. The molecule has 21 heavy (non-hydrogen) atoms. The first-order valence-corrected chi connectivity index (χ1v) is 8.91. The number of halogens is 3. The van der Waals surface area contributed by atoms with Crippen LogP contribution in [0.3, 0.4) is 0 Å². The number of carbonyl (C=O) groups excluding carboxylic acids is 1. The molecule has 0 saturated carbocycles. The van der Waals surface area contributed by atoms with Gasteiger partial charge in [0.15, 0.2) is 0 Å². The molecule has 0 atom stereocenters. The Morgan fingerprint density at radius 2 is 1.71 bits per heavy atom. The zero-order chi connectivity index (χ0) is 14.7. The minimum Gasteiger partial charge on any atom is -0.871 e. The van der Waals surface area contributed by atoms with Crippen molar-refractivity contribution in [2.75, 3.05) is 0 Å². The molecule has 0 radical (unpaired) electrons. The maximum Gasteiger partial charge on any atom is 1.00 e. The summed E-state index contributed by atoms with van der Waals surface area (Å²) < 4.78 is 1.90. The Kier molecular flexibility index (Phi) is 8.79. The third kappa shape index (κ3) is 5.20. The molecule has 0 fully saturated rings. The van der Waals surface area contributed by atoms with Gasteiger partial charge >= 0.3 is 29.6 Å². The van der Waals surface area contributed by atoms with Gasteiger partial charge in [0.1, 0.15) is 0 Å². The normalized spacial score (nSPS) is 9.86. The fourth-order valence-electron chi connectivity index (χ4n) is 1.65. The Morgan fingerprint density at radius 3 is 2.33 bits per heavy atom. The Hall–Kier alpha value is 0.900. The van der Waals surface area contributed by atoms with Crippen molar-refractivity contribution < 1.29 is 39.5 Å². The van der Waals surface area contributed by atoms with Crippen LogP contribution in [0.15, 0.2) is 36.4 Å². The van der Waals surface area contributed by atoms with E-state index in [0.717, 1.165) is 9.13 Å². The average molecular weight is 627 g/mol. The molecule has 7 heteroatoms. The minimum absolute atomic E-state index is 0. The van der Waals surface area contributed by atoms with Crippen molar-refractivity contribution in [1.82, 2.24) is 5.32 Å². The van der Waals surface area contributed by atoms with Crippen LogP contribution in [0.2, 0.25) is 0 Å². The second-order valence-corrected chi connectivity index (χ2v) is 7.43. The van der Waals surface area contributed by atoms with Gasteiger partial charge in [-0.2, -0.15) is 0 Å². The molecule has 0 aliphatic rings. The number of benzene rings is 2. The van der Waals surface area contributed by atoms with E-state index in [4.69, 9.17) is 0 Å². The summed E-state index contributed by atoms with van der Waals surface area (Å²) in [6, 6.07) is 11.4. The van der Waals surface area contributed by atoms with Crippen LogP contribution in [0.25, 0.3) is 0 Å². The first kappa shape index (κ1) is 19.9. The molecule has 1 N–H and O–H groups in total. The minimum atomic E-state index is -0.212. The summed E-state index contributed by atoms with van der Waals surface area (Å²) in [4.78, 5) is 12.3. The van der Waals surface area contributed by atoms with Crippen molar-refractivity contribution in [3.05, 3.63) is 58.2 Å². The van der Waals surface area contributed by atoms with Crippen molar-refractivity contribution >= 4 is 73.7 Å². The first-order chi connectivity index (χ1) is 9.50. The molecule has 0 aromatic heterocycles. The molecule has 0 bridgehead atoms. The molecule has 1 amide bonds. The summed E-state index contributed by atoms with van der Waals surface area (Å²) in [6.07, 6.45) is 0. The second kappa shape index (κ2) is 9.26. The van der Waals surface area contributed by atoms with E-state index in [-0.39, 0.29) is 41.2 Å². The van der Waals surface area contributed by atoms with Gasteiger partial charge in [0.05, 0.1) is 5.56 Å². The van der Waals surface area contributed by atoms with E-state index in [9.17, 15) is 9.90 Å². The molecule has 0 saturated heterocycles. The van der Waals surface area contributed by atoms with Crippen LogP contribution in [0, 0.1) is 10.7 Å². The average Bonchev–Trinajstić information content (AvgIpc) is 2.44. The molecule has 0 heterocycles. The van der Waals surface area contributed by atoms with Gasteiger partial charge in [-0.15, -0.1) is 0 Å². The number of rotatable bonds is 3. The number of amides is 1. The van der Waals surface area contributed by atoms with Gasteiger partial charge in [-0.3, -0.25) is 4.79 Å². The molecule has 0 unspecified atom stereocenters. The maximum absolute atomic E-state index is 12.3. The zero-order valence-corrected chi connectivity index (χ0v) is 19.6. The standard InChI is InChI=1S/C14H10I3NO2.Na/c15-9-6-10(16)13(19)12(17)11(9)14(20)18-7-8-4-2-1-3-5-8;/h1-6,19H,7H2,(H,18,20);/q;+1/p-1. The van der Waals surface area contributed by atoms with Crippen molar-refractivity contribution in [1.29, 1.82) is 0 Å². The van der Waals surface area contributed by atoms with Gasteiger partial charge < -0.3 is 10.4 Å². The van der Waals surface area contributed by atoms with Crippen molar-refractivity contribution in [2.45, 2.75) is 6.54 Å². The van der Waals surface area contributed by atoms with E-state index in [1.54, 1.807) is 6.07 Å². The van der Waals surface area contributed by atoms with Crippen LogP contribution in [-0.2, 0) is 6.54 Å². The summed E-state index contributed by atoms with van der Waals surface area (Å²) >= 11 is 6.02. The largest absolute Gasteiger partial charge is 1.00 e. The van der Waals surface area contributed by atoms with E-state index in [2.05, 4.69) is 27.9 Å². The van der Waals surface area contributed by atoms with Gasteiger partial charge in [0, 0.05) is 17.3 Å². The Balaban J connectivity index is 0.00000220. The number of carbonyl (C=O) groups is 1. The number of hydrogen-bond donors (Lipinski definition) is 1.